The maximum absolute atomic E-state index is 12.5. The molecule has 0 aliphatic rings. The fourth-order valence-electron chi connectivity index (χ4n) is 1.77. The highest BCUT2D eigenvalue weighted by atomic mass is 19.4. The highest BCUT2D eigenvalue weighted by Crippen LogP contribution is 2.30. The van der Waals surface area contributed by atoms with Crippen LogP contribution in [0, 0.1) is 11.3 Å². The number of rotatable bonds is 2. The Morgan fingerprint density at radius 2 is 1.76 bits per heavy atom. The van der Waals surface area contributed by atoms with Gasteiger partial charge in [-0.25, -0.2) is 0 Å². The molecular formula is C15H10F3N3. The molecule has 2 N–H and O–H groups in total. The minimum absolute atomic E-state index is 0.110. The van der Waals surface area contributed by atoms with Gasteiger partial charge in [0.15, 0.2) is 0 Å². The summed E-state index contributed by atoms with van der Waals surface area (Å²) in [5, 5.41) is 9.20. The van der Waals surface area contributed by atoms with Crippen LogP contribution in [0.5, 0.6) is 0 Å². The largest absolute Gasteiger partial charge is 0.416 e. The molecule has 0 saturated carbocycles. The molecule has 1 aromatic heterocycles. The SMILES string of the molecule is N#C/C(=C(/N)c1ccc(C(F)(F)F)cc1)c1cccnc1. The van der Waals surface area contributed by atoms with Crippen molar-refractivity contribution in [3.63, 3.8) is 0 Å². The molecule has 0 aliphatic heterocycles. The van der Waals surface area contributed by atoms with E-state index in [4.69, 9.17) is 5.73 Å². The third-order valence-corrected chi connectivity index (χ3v) is 2.85. The van der Waals surface area contributed by atoms with Gasteiger partial charge in [-0.1, -0.05) is 18.2 Å². The number of aromatic nitrogens is 1. The summed E-state index contributed by atoms with van der Waals surface area (Å²) < 4.78 is 37.5. The molecule has 0 unspecified atom stereocenters. The lowest BCUT2D eigenvalue weighted by Crippen LogP contribution is -2.06. The molecule has 3 nitrogen and oxygen atoms in total. The van der Waals surface area contributed by atoms with Crippen LogP contribution in [0.25, 0.3) is 11.3 Å². The third-order valence-electron chi connectivity index (χ3n) is 2.85. The Balaban J connectivity index is 2.45. The van der Waals surface area contributed by atoms with Gasteiger partial charge in [0, 0.05) is 18.0 Å². The van der Waals surface area contributed by atoms with Gasteiger partial charge in [-0.15, -0.1) is 0 Å². The van der Waals surface area contributed by atoms with Crippen molar-refractivity contribution >= 4 is 11.3 Å². The van der Waals surface area contributed by atoms with Crippen molar-refractivity contribution in [3.8, 4) is 6.07 Å². The van der Waals surface area contributed by atoms with Crippen LogP contribution in [-0.2, 0) is 6.18 Å². The molecule has 0 amide bonds. The molecule has 0 bridgehead atoms. The van der Waals surface area contributed by atoms with Gasteiger partial charge in [0.1, 0.15) is 6.07 Å². The first-order chi connectivity index (χ1) is 9.93. The molecule has 6 heteroatoms. The maximum atomic E-state index is 12.5. The van der Waals surface area contributed by atoms with Crippen LogP contribution >= 0.6 is 0 Å². The van der Waals surface area contributed by atoms with Gasteiger partial charge in [-0.3, -0.25) is 4.98 Å². The van der Waals surface area contributed by atoms with Crippen molar-refractivity contribution < 1.29 is 13.2 Å². The highest BCUT2D eigenvalue weighted by Gasteiger charge is 2.30. The van der Waals surface area contributed by atoms with E-state index in [-0.39, 0.29) is 11.3 Å². The normalized spacial score (nSPS) is 12.5. The van der Waals surface area contributed by atoms with Crippen molar-refractivity contribution in [2.24, 2.45) is 5.73 Å². The first kappa shape index (κ1) is 14.6. The first-order valence-corrected chi connectivity index (χ1v) is 5.91. The summed E-state index contributed by atoms with van der Waals surface area (Å²) in [5.74, 6) is 0. The smallest absolute Gasteiger partial charge is 0.397 e. The Morgan fingerprint density at radius 3 is 2.24 bits per heavy atom. The molecule has 0 saturated heterocycles. The zero-order chi connectivity index (χ0) is 15.5. The Morgan fingerprint density at radius 1 is 1.10 bits per heavy atom. The molecular weight excluding hydrogens is 279 g/mol. The van der Waals surface area contributed by atoms with Crippen molar-refractivity contribution in [3.05, 3.63) is 65.5 Å². The lowest BCUT2D eigenvalue weighted by molar-refractivity contribution is -0.137. The number of allylic oxidation sites excluding steroid dienone is 1. The van der Waals surface area contributed by atoms with E-state index in [1.165, 1.54) is 18.3 Å². The Kier molecular flexibility index (Phi) is 3.94. The molecule has 0 fully saturated rings. The lowest BCUT2D eigenvalue weighted by atomic mass is 10.0. The minimum atomic E-state index is -4.40. The van der Waals surface area contributed by atoms with Gasteiger partial charge in [-0.2, -0.15) is 18.4 Å². The topological polar surface area (TPSA) is 62.7 Å². The molecule has 2 rings (SSSR count). The fraction of sp³-hybridized carbons (Fsp3) is 0.0667. The number of hydrogen-bond donors (Lipinski definition) is 1. The number of nitriles is 1. The van der Waals surface area contributed by atoms with Gasteiger partial charge in [0.05, 0.1) is 16.8 Å². The molecule has 1 aromatic carbocycles. The summed E-state index contributed by atoms with van der Waals surface area (Å²) in [6, 6.07) is 9.60. The number of hydrogen-bond acceptors (Lipinski definition) is 3. The second-order valence-electron chi connectivity index (χ2n) is 4.22. The van der Waals surface area contributed by atoms with Gasteiger partial charge in [0.2, 0.25) is 0 Å². The molecule has 106 valence electrons. The zero-order valence-electron chi connectivity index (χ0n) is 10.7. The quantitative estimate of drug-likeness (QED) is 0.861. The molecule has 0 aliphatic carbocycles. The average Bonchev–Trinajstić information content (AvgIpc) is 2.48. The third kappa shape index (κ3) is 3.20. The summed E-state index contributed by atoms with van der Waals surface area (Å²) in [6.45, 7) is 0. The molecule has 0 atom stereocenters. The Bertz CT molecular complexity index is 696. The number of nitrogens with zero attached hydrogens (tertiary/aromatic N) is 2. The van der Waals surface area contributed by atoms with E-state index in [2.05, 4.69) is 4.98 Å². The second kappa shape index (κ2) is 5.67. The number of alkyl halides is 3. The van der Waals surface area contributed by atoms with E-state index in [1.807, 2.05) is 6.07 Å². The van der Waals surface area contributed by atoms with E-state index in [0.717, 1.165) is 12.1 Å². The van der Waals surface area contributed by atoms with Crippen molar-refractivity contribution in [1.29, 1.82) is 5.26 Å². The highest BCUT2D eigenvalue weighted by molar-refractivity contribution is 5.95. The molecule has 0 spiro atoms. The fourth-order valence-corrected chi connectivity index (χ4v) is 1.77. The second-order valence-corrected chi connectivity index (χ2v) is 4.22. The molecule has 0 radical (unpaired) electrons. The average molecular weight is 289 g/mol. The summed E-state index contributed by atoms with van der Waals surface area (Å²) >= 11 is 0. The van der Waals surface area contributed by atoms with Crippen LogP contribution in [0.1, 0.15) is 16.7 Å². The minimum Gasteiger partial charge on any atom is -0.397 e. The van der Waals surface area contributed by atoms with E-state index in [9.17, 15) is 18.4 Å². The van der Waals surface area contributed by atoms with Crippen LogP contribution in [0.15, 0.2) is 48.8 Å². The van der Waals surface area contributed by atoms with Crippen LogP contribution in [0.3, 0.4) is 0 Å². The van der Waals surface area contributed by atoms with Crippen molar-refractivity contribution in [2.75, 3.05) is 0 Å². The number of halogens is 3. The predicted octanol–water partition coefficient (Wildman–Crippen LogP) is 3.45. The van der Waals surface area contributed by atoms with Crippen LogP contribution in [-0.4, -0.2) is 4.98 Å². The molecule has 2 aromatic rings. The van der Waals surface area contributed by atoms with E-state index in [0.29, 0.717) is 11.1 Å². The van der Waals surface area contributed by atoms with Gasteiger partial charge >= 0.3 is 6.18 Å². The van der Waals surface area contributed by atoms with Crippen LogP contribution < -0.4 is 5.73 Å². The van der Waals surface area contributed by atoms with Gasteiger partial charge in [0.25, 0.3) is 0 Å². The van der Waals surface area contributed by atoms with Crippen molar-refractivity contribution in [2.45, 2.75) is 6.18 Å². The zero-order valence-corrected chi connectivity index (χ0v) is 10.7. The number of nitrogens with two attached hydrogens (primary N) is 1. The van der Waals surface area contributed by atoms with Gasteiger partial charge in [-0.05, 0) is 23.8 Å². The predicted molar refractivity (Wildman–Crippen MR) is 72.3 cm³/mol. The van der Waals surface area contributed by atoms with Crippen LogP contribution in [0.2, 0.25) is 0 Å². The monoisotopic (exact) mass is 289 g/mol. The summed E-state index contributed by atoms with van der Waals surface area (Å²) in [7, 11) is 0. The molecule has 21 heavy (non-hydrogen) atoms. The van der Waals surface area contributed by atoms with Crippen LogP contribution in [0.4, 0.5) is 13.2 Å². The Hall–Kier alpha value is -2.81. The standard InChI is InChI=1S/C15H10F3N3/c16-15(17,18)12-5-3-10(4-6-12)14(20)13(8-19)11-2-1-7-21-9-11/h1-7,9H,20H2/b14-13-. The van der Waals surface area contributed by atoms with Crippen molar-refractivity contribution in [1.82, 2.24) is 4.98 Å². The number of benzene rings is 1. The van der Waals surface area contributed by atoms with E-state index < -0.39 is 11.7 Å². The number of pyridine rings is 1. The Labute approximate surface area is 119 Å². The summed E-state index contributed by atoms with van der Waals surface area (Å²) in [5.41, 5.74) is 6.27. The first-order valence-electron chi connectivity index (χ1n) is 5.91. The lowest BCUT2D eigenvalue weighted by Gasteiger charge is -2.09. The summed E-state index contributed by atoms with van der Waals surface area (Å²) in [6.07, 6.45) is -1.39. The van der Waals surface area contributed by atoms with E-state index >= 15 is 0 Å². The maximum Gasteiger partial charge on any atom is 0.416 e. The van der Waals surface area contributed by atoms with Gasteiger partial charge < -0.3 is 5.73 Å². The van der Waals surface area contributed by atoms with E-state index in [1.54, 1.807) is 18.3 Å². The molecule has 1 heterocycles. The summed E-state index contributed by atoms with van der Waals surface area (Å²) in [4.78, 5) is 3.89.